The maximum Gasteiger partial charge on any atom is 0.317 e. The van der Waals surface area contributed by atoms with Gasteiger partial charge in [-0.05, 0) is 17.7 Å². The van der Waals surface area contributed by atoms with Crippen molar-refractivity contribution >= 4 is 6.03 Å². The average molecular weight is 238 g/mol. The summed E-state index contributed by atoms with van der Waals surface area (Å²) in [6.45, 7) is 0.750. The third-order valence-corrected chi connectivity index (χ3v) is 2.38. The fourth-order valence-corrected chi connectivity index (χ4v) is 1.31. The number of aliphatic hydroxyl groups is 1. The standard InChI is InChI=1S/C12H18N2O3/c1-14(7-8-15)12(16)13-9-10-3-5-11(17-2)6-4-10/h3-6,15H,7-9H2,1-2H3,(H,13,16). The Kier molecular flexibility index (Phi) is 5.29. The minimum Gasteiger partial charge on any atom is -0.497 e. The number of hydrogen-bond acceptors (Lipinski definition) is 3. The van der Waals surface area contributed by atoms with E-state index in [1.54, 1.807) is 14.2 Å². The van der Waals surface area contributed by atoms with Crippen LogP contribution in [-0.4, -0.2) is 43.3 Å². The van der Waals surface area contributed by atoms with Crippen LogP contribution in [0.15, 0.2) is 24.3 Å². The second kappa shape index (κ2) is 6.75. The van der Waals surface area contributed by atoms with Gasteiger partial charge in [0.05, 0.1) is 13.7 Å². The molecule has 5 heteroatoms. The van der Waals surface area contributed by atoms with E-state index in [0.717, 1.165) is 11.3 Å². The molecular weight excluding hydrogens is 220 g/mol. The number of urea groups is 1. The van der Waals surface area contributed by atoms with Crippen LogP contribution in [0, 0.1) is 0 Å². The van der Waals surface area contributed by atoms with Gasteiger partial charge in [0.15, 0.2) is 0 Å². The topological polar surface area (TPSA) is 61.8 Å². The van der Waals surface area contributed by atoms with Gasteiger partial charge < -0.3 is 20.1 Å². The maximum atomic E-state index is 11.5. The molecule has 0 fully saturated rings. The molecule has 0 aromatic heterocycles. The number of hydrogen-bond donors (Lipinski definition) is 2. The summed E-state index contributed by atoms with van der Waals surface area (Å²) >= 11 is 0. The fraction of sp³-hybridized carbons (Fsp3) is 0.417. The number of carbonyl (C=O) groups excluding carboxylic acids is 1. The molecule has 0 unspecified atom stereocenters. The third kappa shape index (κ3) is 4.32. The van der Waals surface area contributed by atoms with Gasteiger partial charge in [0.1, 0.15) is 5.75 Å². The van der Waals surface area contributed by atoms with Gasteiger partial charge in [-0.25, -0.2) is 4.79 Å². The molecule has 0 radical (unpaired) electrons. The number of nitrogens with one attached hydrogen (secondary N) is 1. The Labute approximate surface area is 101 Å². The zero-order valence-electron chi connectivity index (χ0n) is 10.1. The van der Waals surface area contributed by atoms with E-state index in [1.165, 1.54) is 4.90 Å². The van der Waals surface area contributed by atoms with Gasteiger partial charge in [0.25, 0.3) is 0 Å². The molecule has 1 aromatic carbocycles. The molecule has 0 bridgehead atoms. The van der Waals surface area contributed by atoms with Crippen LogP contribution in [0.3, 0.4) is 0 Å². The Bertz CT molecular complexity index is 351. The van der Waals surface area contributed by atoms with Crippen LogP contribution in [0.25, 0.3) is 0 Å². The van der Waals surface area contributed by atoms with E-state index in [-0.39, 0.29) is 12.6 Å². The van der Waals surface area contributed by atoms with Crippen molar-refractivity contribution in [3.05, 3.63) is 29.8 Å². The van der Waals surface area contributed by atoms with Gasteiger partial charge in [-0.2, -0.15) is 0 Å². The van der Waals surface area contributed by atoms with Crippen LogP contribution < -0.4 is 10.1 Å². The summed E-state index contributed by atoms with van der Waals surface area (Å²) < 4.78 is 5.04. The summed E-state index contributed by atoms with van der Waals surface area (Å²) in [5.41, 5.74) is 0.997. The Morgan fingerprint density at radius 1 is 1.41 bits per heavy atom. The summed E-state index contributed by atoms with van der Waals surface area (Å²) in [5, 5.41) is 11.4. The van der Waals surface area contributed by atoms with Crippen molar-refractivity contribution in [2.75, 3.05) is 27.3 Å². The Morgan fingerprint density at radius 2 is 2.06 bits per heavy atom. The largest absolute Gasteiger partial charge is 0.497 e. The van der Waals surface area contributed by atoms with Crippen molar-refractivity contribution in [3.8, 4) is 5.75 Å². The van der Waals surface area contributed by atoms with Crippen molar-refractivity contribution in [3.63, 3.8) is 0 Å². The van der Waals surface area contributed by atoms with Crippen molar-refractivity contribution in [2.45, 2.75) is 6.54 Å². The first-order valence-corrected chi connectivity index (χ1v) is 5.40. The van der Waals surface area contributed by atoms with Crippen molar-refractivity contribution in [1.82, 2.24) is 10.2 Å². The Morgan fingerprint density at radius 3 is 2.59 bits per heavy atom. The van der Waals surface area contributed by atoms with Gasteiger partial charge in [0, 0.05) is 20.1 Å². The number of carbonyl (C=O) groups is 1. The monoisotopic (exact) mass is 238 g/mol. The van der Waals surface area contributed by atoms with E-state index < -0.39 is 0 Å². The summed E-state index contributed by atoms with van der Waals surface area (Å²) in [5.74, 6) is 0.789. The van der Waals surface area contributed by atoms with Gasteiger partial charge in [-0.1, -0.05) is 12.1 Å². The van der Waals surface area contributed by atoms with Crippen molar-refractivity contribution in [2.24, 2.45) is 0 Å². The Balaban J connectivity index is 2.41. The summed E-state index contributed by atoms with van der Waals surface area (Å²) in [4.78, 5) is 12.9. The number of ether oxygens (including phenoxy) is 1. The number of nitrogens with zero attached hydrogens (tertiary/aromatic N) is 1. The number of likely N-dealkylation sites (N-methyl/N-ethyl adjacent to an activating group) is 1. The molecule has 1 aromatic rings. The molecule has 0 aliphatic rings. The lowest BCUT2D eigenvalue weighted by Crippen LogP contribution is -2.38. The zero-order chi connectivity index (χ0) is 12.7. The van der Waals surface area contributed by atoms with E-state index in [4.69, 9.17) is 9.84 Å². The first-order chi connectivity index (χ1) is 8.17. The number of amides is 2. The van der Waals surface area contributed by atoms with E-state index in [0.29, 0.717) is 13.1 Å². The number of aliphatic hydroxyl groups excluding tert-OH is 1. The molecule has 1 rings (SSSR count). The van der Waals surface area contributed by atoms with E-state index in [1.807, 2.05) is 24.3 Å². The second-order valence-electron chi connectivity index (χ2n) is 3.65. The molecule has 0 saturated carbocycles. The predicted molar refractivity (Wildman–Crippen MR) is 64.9 cm³/mol. The molecule has 0 heterocycles. The molecule has 2 amide bonds. The minimum atomic E-state index is -0.199. The summed E-state index contributed by atoms with van der Waals surface area (Å²) in [6.07, 6.45) is 0. The molecule has 5 nitrogen and oxygen atoms in total. The lowest BCUT2D eigenvalue weighted by molar-refractivity contribution is 0.190. The molecule has 2 N–H and O–H groups in total. The quantitative estimate of drug-likeness (QED) is 0.798. The molecule has 0 spiro atoms. The first kappa shape index (κ1) is 13.3. The normalized spacial score (nSPS) is 9.82. The summed E-state index contributed by atoms with van der Waals surface area (Å²) in [6, 6.07) is 7.28. The van der Waals surface area contributed by atoms with Crippen molar-refractivity contribution < 1.29 is 14.6 Å². The second-order valence-corrected chi connectivity index (χ2v) is 3.65. The zero-order valence-corrected chi connectivity index (χ0v) is 10.1. The minimum absolute atomic E-state index is 0.0353. The van der Waals surface area contributed by atoms with Crippen LogP contribution >= 0.6 is 0 Å². The van der Waals surface area contributed by atoms with Crippen LogP contribution in [0.5, 0.6) is 5.75 Å². The van der Waals surface area contributed by atoms with Crippen LogP contribution in [-0.2, 0) is 6.54 Å². The predicted octanol–water partition coefficient (Wildman–Crippen LogP) is 0.829. The lowest BCUT2D eigenvalue weighted by atomic mass is 10.2. The molecule has 0 atom stereocenters. The highest BCUT2D eigenvalue weighted by atomic mass is 16.5. The summed E-state index contributed by atoms with van der Waals surface area (Å²) in [7, 11) is 3.25. The van der Waals surface area contributed by atoms with Crippen molar-refractivity contribution in [1.29, 1.82) is 0 Å². The molecular formula is C12H18N2O3. The number of rotatable bonds is 5. The van der Waals surface area contributed by atoms with Crippen LogP contribution in [0.2, 0.25) is 0 Å². The van der Waals surface area contributed by atoms with Gasteiger partial charge >= 0.3 is 6.03 Å². The SMILES string of the molecule is COc1ccc(CNC(=O)N(C)CCO)cc1. The van der Waals surface area contributed by atoms with Gasteiger partial charge in [0.2, 0.25) is 0 Å². The Hall–Kier alpha value is -1.75. The molecule has 17 heavy (non-hydrogen) atoms. The fourth-order valence-electron chi connectivity index (χ4n) is 1.31. The molecule has 0 aliphatic heterocycles. The highest BCUT2D eigenvalue weighted by molar-refractivity contribution is 5.73. The van der Waals surface area contributed by atoms with Crippen LogP contribution in [0.4, 0.5) is 4.79 Å². The molecule has 94 valence electrons. The highest BCUT2D eigenvalue weighted by Gasteiger charge is 2.06. The molecule has 0 aliphatic carbocycles. The third-order valence-electron chi connectivity index (χ3n) is 2.38. The van der Waals surface area contributed by atoms with Gasteiger partial charge in [-0.3, -0.25) is 0 Å². The first-order valence-electron chi connectivity index (χ1n) is 5.40. The van der Waals surface area contributed by atoms with E-state index in [9.17, 15) is 4.79 Å². The lowest BCUT2D eigenvalue weighted by Gasteiger charge is -2.16. The number of methoxy groups -OCH3 is 1. The average Bonchev–Trinajstić information content (AvgIpc) is 2.36. The number of benzene rings is 1. The van der Waals surface area contributed by atoms with E-state index in [2.05, 4.69) is 5.32 Å². The van der Waals surface area contributed by atoms with Crippen LogP contribution in [0.1, 0.15) is 5.56 Å². The van der Waals surface area contributed by atoms with Gasteiger partial charge in [-0.15, -0.1) is 0 Å². The highest BCUT2D eigenvalue weighted by Crippen LogP contribution is 2.10. The molecule has 0 saturated heterocycles. The maximum absolute atomic E-state index is 11.5. The smallest absolute Gasteiger partial charge is 0.317 e. The van der Waals surface area contributed by atoms with E-state index >= 15 is 0 Å².